The molecule has 0 amide bonds. The van der Waals surface area contributed by atoms with Crippen molar-refractivity contribution in [2.75, 3.05) is 0 Å². The number of hydrogen-bond donors (Lipinski definition) is 2. The molecule has 27 heavy (non-hydrogen) atoms. The monoisotopic (exact) mass is 378 g/mol. The van der Waals surface area contributed by atoms with Crippen LogP contribution in [0, 0.1) is 11.8 Å². The van der Waals surface area contributed by atoms with Gasteiger partial charge >= 0.3 is 0 Å². The summed E-state index contributed by atoms with van der Waals surface area (Å²) in [7, 11) is 0. The van der Waals surface area contributed by atoms with Crippen molar-refractivity contribution in [2.45, 2.75) is 139 Å². The molecule has 4 rings (SSSR count). The molecule has 4 fully saturated rings. The van der Waals surface area contributed by atoms with Crippen molar-refractivity contribution in [1.29, 1.82) is 0 Å². The van der Waals surface area contributed by atoms with Crippen LogP contribution in [0.3, 0.4) is 0 Å². The summed E-state index contributed by atoms with van der Waals surface area (Å²) in [6.45, 7) is 0. The van der Waals surface area contributed by atoms with Crippen molar-refractivity contribution in [3.63, 3.8) is 0 Å². The van der Waals surface area contributed by atoms with Gasteiger partial charge in [0.25, 0.3) is 0 Å². The lowest BCUT2D eigenvalue weighted by Gasteiger charge is -2.57. The Labute approximate surface area is 166 Å². The first kappa shape index (κ1) is 20.2. The Balaban J connectivity index is 1.67. The Bertz CT molecular complexity index is 426. The maximum Gasteiger partial charge on any atom is 0.0977 e. The quantitative estimate of drug-likeness (QED) is 0.678. The molecule has 0 spiro atoms. The van der Waals surface area contributed by atoms with Crippen LogP contribution in [0.2, 0.25) is 0 Å². The minimum absolute atomic E-state index is 0.344. The minimum atomic E-state index is -0.394. The first-order valence-corrected chi connectivity index (χ1v) is 12.2. The zero-order valence-corrected chi connectivity index (χ0v) is 17.3. The molecule has 4 aliphatic rings. The highest BCUT2D eigenvalue weighted by atomic mass is 16.5. The van der Waals surface area contributed by atoms with Crippen LogP contribution < -0.4 is 0 Å². The zero-order chi connectivity index (χ0) is 18.7. The molecule has 3 heteroatoms. The van der Waals surface area contributed by atoms with Gasteiger partial charge < -0.3 is 14.9 Å². The van der Waals surface area contributed by atoms with E-state index in [0.29, 0.717) is 11.8 Å². The molecule has 4 saturated carbocycles. The molecular weight excluding hydrogens is 336 g/mol. The van der Waals surface area contributed by atoms with Gasteiger partial charge in [-0.3, -0.25) is 0 Å². The molecule has 0 heterocycles. The lowest BCUT2D eigenvalue weighted by Crippen LogP contribution is -2.64. The number of aliphatic hydroxyl groups is 2. The summed E-state index contributed by atoms with van der Waals surface area (Å²) in [5.41, 5.74) is -0.789. The van der Waals surface area contributed by atoms with Gasteiger partial charge in [0.15, 0.2) is 0 Å². The van der Waals surface area contributed by atoms with Crippen molar-refractivity contribution in [1.82, 2.24) is 0 Å². The number of ether oxygens (including phenoxy) is 1. The summed E-state index contributed by atoms with van der Waals surface area (Å²) in [6, 6.07) is 0. The summed E-state index contributed by atoms with van der Waals surface area (Å²) in [4.78, 5) is 0. The van der Waals surface area contributed by atoms with Crippen molar-refractivity contribution < 1.29 is 14.9 Å². The SMILES string of the molecule is OC1CCCCC1(OC1(C2CCCCC2)CCCCC1O)C1CCCCC1. The van der Waals surface area contributed by atoms with Gasteiger partial charge in [-0.05, 0) is 63.2 Å². The molecule has 0 aromatic carbocycles. The summed E-state index contributed by atoms with van der Waals surface area (Å²) in [5, 5.41) is 22.6. The summed E-state index contributed by atoms with van der Waals surface area (Å²) in [6.07, 6.45) is 20.3. The predicted molar refractivity (Wildman–Crippen MR) is 109 cm³/mol. The maximum atomic E-state index is 11.3. The van der Waals surface area contributed by atoms with Crippen molar-refractivity contribution in [3.05, 3.63) is 0 Å². The maximum absolute atomic E-state index is 11.3. The van der Waals surface area contributed by atoms with Gasteiger partial charge in [0.1, 0.15) is 0 Å². The van der Waals surface area contributed by atoms with Crippen LogP contribution in [-0.2, 0) is 4.74 Å². The minimum Gasteiger partial charge on any atom is -0.390 e. The molecule has 0 aromatic heterocycles. The Hall–Kier alpha value is -0.120. The van der Waals surface area contributed by atoms with Gasteiger partial charge in [0, 0.05) is 0 Å². The average molecular weight is 379 g/mol. The van der Waals surface area contributed by atoms with E-state index in [1.807, 2.05) is 0 Å². The summed E-state index contributed by atoms with van der Waals surface area (Å²) < 4.78 is 7.31. The molecule has 4 atom stereocenters. The van der Waals surface area contributed by atoms with E-state index in [1.165, 1.54) is 77.0 Å². The third kappa shape index (κ3) is 3.85. The van der Waals surface area contributed by atoms with E-state index in [1.54, 1.807) is 0 Å². The van der Waals surface area contributed by atoms with Crippen LogP contribution in [0.1, 0.15) is 116 Å². The van der Waals surface area contributed by atoms with Crippen molar-refractivity contribution in [3.8, 4) is 0 Å². The number of rotatable bonds is 4. The van der Waals surface area contributed by atoms with E-state index >= 15 is 0 Å². The molecule has 0 saturated heterocycles. The van der Waals surface area contributed by atoms with Crippen molar-refractivity contribution in [2.24, 2.45) is 11.8 Å². The molecule has 0 radical (unpaired) electrons. The Morgan fingerprint density at radius 3 is 1.22 bits per heavy atom. The molecular formula is C24H42O3. The molecule has 3 nitrogen and oxygen atoms in total. The van der Waals surface area contributed by atoms with E-state index in [0.717, 1.165) is 38.5 Å². The predicted octanol–water partition coefficient (Wildman–Crippen LogP) is 5.51. The molecule has 0 aromatic rings. The highest BCUT2D eigenvalue weighted by Gasteiger charge is 2.56. The smallest absolute Gasteiger partial charge is 0.0977 e. The van der Waals surface area contributed by atoms with E-state index < -0.39 is 11.2 Å². The molecule has 0 aliphatic heterocycles. The first-order valence-electron chi connectivity index (χ1n) is 12.2. The summed E-state index contributed by atoms with van der Waals surface area (Å²) >= 11 is 0. The number of hydrogen-bond acceptors (Lipinski definition) is 3. The van der Waals surface area contributed by atoms with E-state index in [2.05, 4.69) is 0 Å². The highest BCUT2D eigenvalue weighted by molar-refractivity contribution is 5.06. The average Bonchev–Trinajstić information content (AvgIpc) is 2.73. The Kier molecular flexibility index (Phi) is 6.51. The van der Waals surface area contributed by atoms with E-state index in [-0.39, 0.29) is 12.2 Å². The molecule has 4 unspecified atom stereocenters. The van der Waals surface area contributed by atoms with Crippen molar-refractivity contribution >= 4 is 0 Å². The first-order chi connectivity index (χ1) is 13.2. The fourth-order valence-electron chi connectivity index (χ4n) is 7.19. The molecule has 156 valence electrons. The van der Waals surface area contributed by atoms with Crippen LogP contribution in [0.5, 0.6) is 0 Å². The second-order valence-electron chi connectivity index (χ2n) is 10.2. The fraction of sp³-hybridized carbons (Fsp3) is 1.00. The fourth-order valence-corrected chi connectivity index (χ4v) is 7.19. The molecule has 4 aliphatic carbocycles. The normalized spacial score (nSPS) is 42.9. The van der Waals surface area contributed by atoms with Gasteiger partial charge in [-0.1, -0.05) is 64.2 Å². The van der Waals surface area contributed by atoms with Gasteiger partial charge in [-0.15, -0.1) is 0 Å². The van der Waals surface area contributed by atoms with E-state index in [9.17, 15) is 10.2 Å². The Morgan fingerprint density at radius 2 is 0.852 bits per heavy atom. The largest absolute Gasteiger partial charge is 0.390 e. The van der Waals surface area contributed by atoms with Crippen LogP contribution in [0.4, 0.5) is 0 Å². The van der Waals surface area contributed by atoms with Crippen LogP contribution in [-0.4, -0.2) is 33.6 Å². The third-order valence-corrected chi connectivity index (χ3v) is 8.69. The number of aliphatic hydroxyl groups excluding tert-OH is 2. The molecule has 0 bridgehead atoms. The second kappa shape index (κ2) is 8.71. The van der Waals surface area contributed by atoms with Gasteiger partial charge in [-0.2, -0.15) is 0 Å². The van der Waals surface area contributed by atoms with Crippen LogP contribution >= 0.6 is 0 Å². The lowest BCUT2D eigenvalue weighted by molar-refractivity contribution is -0.292. The third-order valence-electron chi connectivity index (χ3n) is 8.69. The Morgan fingerprint density at radius 1 is 0.481 bits per heavy atom. The van der Waals surface area contributed by atoms with E-state index in [4.69, 9.17) is 4.74 Å². The van der Waals surface area contributed by atoms with Gasteiger partial charge in [-0.25, -0.2) is 0 Å². The van der Waals surface area contributed by atoms with Crippen LogP contribution in [0.25, 0.3) is 0 Å². The standard InChI is InChI=1S/C24H42O3/c25-21-15-7-9-17-23(21,19-11-3-1-4-12-19)27-24(18-10-8-16-22(24)26)20-13-5-2-6-14-20/h19-22,25-26H,1-18H2. The van der Waals surface area contributed by atoms with Gasteiger partial charge in [0.2, 0.25) is 0 Å². The summed E-state index contributed by atoms with van der Waals surface area (Å²) in [5.74, 6) is 0.965. The lowest BCUT2D eigenvalue weighted by atomic mass is 9.64. The van der Waals surface area contributed by atoms with Crippen LogP contribution in [0.15, 0.2) is 0 Å². The topological polar surface area (TPSA) is 49.7 Å². The second-order valence-corrected chi connectivity index (χ2v) is 10.2. The highest BCUT2D eigenvalue weighted by Crippen LogP contribution is 2.52. The molecule has 2 N–H and O–H groups in total. The zero-order valence-electron chi connectivity index (χ0n) is 17.3. The van der Waals surface area contributed by atoms with Gasteiger partial charge in [0.05, 0.1) is 23.4 Å².